The predicted octanol–water partition coefficient (Wildman–Crippen LogP) is 1.41. The van der Waals surface area contributed by atoms with Crippen LogP contribution in [0.3, 0.4) is 0 Å². The van der Waals surface area contributed by atoms with Gasteiger partial charge in [-0.05, 0) is 41.0 Å². The van der Waals surface area contributed by atoms with Gasteiger partial charge < -0.3 is 35.4 Å². The lowest BCUT2D eigenvalue weighted by molar-refractivity contribution is -0.160. The second-order valence-corrected chi connectivity index (χ2v) is 9.16. The van der Waals surface area contributed by atoms with Gasteiger partial charge in [-0.15, -0.1) is 0 Å². The van der Waals surface area contributed by atoms with Gasteiger partial charge in [0.05, 0.1) is 17.8 Å². The Morgan fingerprint density at radius 2 is 1.51 bits per heavy atom. The molecule has 0 aromatic heterocycles. The first-order chi connectivity index (χ1) is 18.4. The third-order valence-electron chi connectivity index (χ3n) is 6.77. The predicted molar refractivity (Wildman–Crippen MR) is 129 cm³/mol. The number of ether oxygens (including phenoxy) is 1. The van der Waals surface area contributed by atoms with E-state index >= 15 is 0 Å². The molecule has 0 aliphatic heterocycles. The third-order valence-corrected chi connectivity index (χ3v) is 6.77. The van der Waals surface area contributed by atoms with E-state index in [2.05, 4.69) is 0 Å². The number of carboxylic acids is 2. The molecule has 5 atom stereocenters. The lowest BCUT2D eigenvalue weighted by Crippen LogP contribution is -2.52. The van der Waals surface area contributed by atoms with E-state index < -0.39 is 82.2 Å². The maximum atomic E-state index is 12.9. The molecule has 202 valence electrons. The van der Waals surface area contributed by atoms with E-state index in [-0.39, 0.29) is 23.1 Å². The Bertz CT molecular complexity index is 1450. The molecule has 2 aromatic carbocycles. The van der Waals surface area contributed by atoms with Gasteiger partial charge in [-0.25, -0.2) is 9.59 Å². The Labute approximate surface area is 219 Å². The first kappa shape index (κ1) is 26.9. The number of benzene rings is 2. The van der Waals surface area contributed by atoms with Crippen molar-refractivity contribution in [3.63, 3.8) is 0 Å². The molecule has 3 aliphatic rings. The van der Waals surface area contributed by atoms with Gasteiger partial charge in [-0.1, -0.05) is 24.3 Å². The number of rotatable bonds is 8. The molecule has 6 N–H and O–H groups in total. The van der Waals surface area contributed by atoms with E-state index in [1.165, 1.54) is 18.2 Å². The van der Waals surface area contributed by atoms with Crippen LogP contribution in [0, 0.1) is 17.8 Å². The summed E-state index contributed by atoms with van der Waals surface area (Å²) in [6, 6.07) is 7.13. The highest BCUT2D eigenvalue weighted by Gasteiger charge is 2.56. The summed E-state index contributed by atoms with van der Waals surface area (Å²) in [4.78, 5) is 61.7. The number of carbonyl (C=O) groups excluding carboxylic acids is 3. The molecule has 2 unspecified atom stereocenters. The highest BCUT2D eigenvalue weighted by atomic mass is 16.6. The van der Waals surface area contributed by atoms with E-state index in [1.807, 2.05) is 0 Å². The maximum absolute atomic E-state index is 12.9. The molecule has 1 fully saturated rings. The fourth-order valence-corrected chi connectivity index (χ4v) is 4.97. The minimum atomic E-state index is -1.67. The number of allylic oxidation sites excluding steroid dienone is 3. The number of hydrogen-bond donors (Lipinski definition) is 6. The van der Waals surface area contributed by atoms with E-state index in [0.717, 1.165) is 36.4 Å². The number of Topliss-reactive ketones (excluding diaryl/α,β-unsaturated/α-hetero) is 2. The molecule has 0 saturated heterocycles. The van der Waals surface area contributed by atoms with Crippen molar-refractivity contribution in [2.24, 2.45) is 17.8 Å². The molecule has 2 bridgehead atoms. The number of fused-ring (bicyclic) bond motifs is 2. The van der Waals surface area contributed by atoms with Crippen LogP contribution >= 0.6 is 0 Å². The fourth-order valence-electron chi connectivity index (χ4n) is 4.97. The van der Waals surface area contributed by atoms with Gasteiger partial charge in [0.2, 0.25) is 17.7 Å². The molecule has 0 spiro atoms. The standard InChI is InChI=1S/C27H22O12/c28-15-4-1-11(7-17(15)30)8-19(26(35)36)39-20(32)6-3-12-9-14-23(27(37)38)21(22(12)25(34)24(14)33)13-2-5-16(29)18(31)10-13/h1-7,9-10,14,19,21-23,28-31H,8H2,(H,35,36)(H,37,38)/b6-3+/t14?,19-,21-,22?,23-/m1/s1. The Balaban J connectivity index is 1.60. The molecule has 0 amide bonds. The van der Waals surface area contributed by atoms with Gasteiger partial charge in [0, 0.05) is 18.4 Å². The van der Waals surface area contributed by atoms with Crippen LogP contribution in [0.15, 0.2) is 60.2 Å². The van der Waals surface area contributed by atoms with Crippen LogP contribution in [-0.2, 0) is 35.1 Å². The van der Waals surface area contributed by atoms with Crippen LogP contribution in [-0.4, -0.2) is 66.2 Å². The molecule has 5 rings (SSSR count). The van der Waals surface area contributed by atoms with Crippen molar-refractivity contribution in [2.75, 3.05) is 0 Å². The molecule has 39 heavy (non-hydrogen) atoms. The summed E-state index contributed by atoms with van der Waals surface area (Å²) in [6.45, 7) is 0. The van der Waals surface area contributed by atoms with Crippen molar-refractivity contribution in [2.45, 2.75) is 18.4 Å². The topological polar surface area (TPSA) is 216 Å². The van der Waals surface area contributed by atoms with Crippen molar-refractivity contribution >= 4 is 29.5 Å². The molecule has 12 nitrogen and oxygen atoms in total. The van der Waals surface area contributed by atoms with Crippen LogP contribution in [0.4, 0.5) is 0 Å². The first-order valence-corrected chi connectivity index (χ1v) is 11.6. The van der Waals surface area contributed by atoms with Gasteiger partial charge in [0.1, 0.15) is 0 Å². The van der Waals surface area contributed by atoms with E-state index in [1.54, 1.807) is 0 Å². The van der Waals surface area contributed by atoms with Crippen molar-refractivity contribution in [1.29, 1.82) is 0 Å². The molecule has 0 heterocycles. The molecule has 12 heteroatoms. The molecule has 2 aromatic rings. The zero-order valence-electron chi connectivity index (χ0n) is 19.9. The monoisotopic (exact) mass is 538 g/mol. The minimum Gasteiger partial charge on any atom is -0.504 e. The number of aromatic hydroxyl groups is 4. The van der Waals surface area contributed by atoms with Crippen molar-refractivity contribution < 1.29 is 59.3 Å². The molecular weight excluding hydrogens is 516 g/mol. The Hall–Kier alpha value is -5.13. The molecular formula is C27H22O12. The summed E-state index contributed by atoms with van der Waals surface area (Å²) < 4.78 is 5.00. The SMILES string of the molecule is O=C(/C=C/C1=CC2C(=O)C(=O)C1[C@@H](c1ccc(O)c(O)c1)[C@@H]2C(=O)O)O[C@H](Cc1ccc(O)c(O)c1)C(=O)O. The lowest BCUT2D eigenvalue weighted by Gasteiger charge is -2.43. The Morgan fingerprint density at radius 1 is 0.872 bits per heavy atom. The van der Waals surface area contributed by atoms with Crippen molar-refractivity contribution in [1.82, 2.24) is 0 Å². The van der Waals surface area contributed by atoms with Crippen LogP contribution in [0.2, 0.25) is 0 Å². The molecule has 3 aliphatic carbocycles. The lowest BCUT2D eigenvalue weighted by atomic mass is 9.56. The fraction of sp³-hybridized carbons (Fsp3) is 0.222. The first-order valence-electron chi connectivity index (χ1n) is 11.6. The van der Waals surface area contributed by atoms with Crippen LogP contribution in [0.1, 0.15) is 17.0 Å². The minimum absolute atomic E-state index is 0.131. The highest BCUT2D eigenvalue weighted by molar-refractivity contribution is 6.42. The number of aliphatic carboxylic acids is 2. The second kappa shape index (κ2) is 10.3. The van der Waals surface area contributed by atoms with Crippen LogP contribution in [0.5, 0.6) is 23.0 Å². The van der Waals surface area contributed by atoms with E-state index in [4.69, 9.17) is 4.74 Å². The average Bonchev–Trinajstić information content (AvgIpc) is 2.88. The van der Waals surface area contributed by atoms with Crippen LogP contribution in [0.25, 0.3) is 0 Å². The zero-order valence-corrected chi connectivity index (χ0v) is 19.9. The summed E-state index contributed by atoms with van der Waals surface area (Å²) in [5.74, 6) is -12.8. The Morgan fingerprint density at radius 3 is 2.10 bits per heavy atom. The highest BCUT2D eigenvalue weighted by Crippen LogP contribution is 2.51. The largest absolute Gasteiger partial charge is 0.504 e. The molecule has 0 radical (unpaired) electrons. The summed E-state index contributed by atoms with van der Waals surface area (Å²) in [5.41, 5.74) is 0.566. The number of phenols is 4. The summed E-state index contributed by atoms with van der Waals surface area (Å²) in [5, 5.41) is 57.9. The quantitative estimate of drug-likeness (QED) is 0.122. The molecule has 1 saturated carbocycles. The number of carbonyl (C=O) groups is 5. The van der Waals surface area contributed by atoms with Gasteiger partial charge >= 0.3 is 17.9 Å². The van der Waals surface area contributed by atoms with Crippen LogP contribution < -0.4 is 0 Å². The summed E-state index contributed by atoms with van der Waals surface area (Å²) in [6.07, 6.45) is 1.24. The smallest absolute Gasteiger partial charge is 0.345 e. The van der Waals surface area contributed by atoms with Crippen molar-refractivity contribution in [3.8, 4) is 23.0 Å². The summed E-state index contributed by atoms with van der Waals surface area (Å²) in [7, 11) is 0. The van der Waals surface area contributed by atoms with Gasteiger partial charge in [0.15, 0.2) is 23.0 Å². The number of carboxylic acid groups (broad SMARTS) is 2. The van der Waals surface area contributed by atoms with Gasteiger partial charge in [-0.2, -0.15) is 0 Å². The second-order valence-electron chi connectivity index (χ2n) is 9.16. The number of esters is 1. The van der Waals surface area contributed by atoms with Gasteiger partial charge in [-0.3, -0.25) is 14.4 Å². The van der Waals surface area contributed by atoms with E-state index in [0.29, 0.717) is 0 Å². The number of hydrogen-bond acceptors (Lipinski definition) is 10. The number of ketones is 2. The zero-order chi connectivity index (χ0) is 28.6. The van der Waals surface area contributed by atoms with Crippen molar-refractivity contribution in [3.05, 3.63) is 71.3 Å². The number of phenolic OH excluding ortho intramolecular Hbond substituents is 4. The normalized spacial score (nSPS) is 22.9. The maximum Gasteiger partial charge on any atom is 0.345 e. The van der Waals surface area contributed by atoms with E-state index in [9.17, 15) is 54.6 Å². The Kier molecular flexibility index (Phi) is 7.13. The summed E-state index contributed by atoms with van der Waals surface area (Å²) >= 11 is 0. The third kappa shape index (κ3) is 5.17. The van der Waals surface area contributed by atoms with Gasteiger partial charge in [0.25, 0.3) is 0 Å². The average molecular weight is 538 g/mol.